The third kappa shape index (κ3) is 7.60. The first-order valence-corrected chi connectivity index (χ1v) is 15.2. The molecule has 3 rings (SSSR count). The van der Waals surface area contributed by atoms with Crippen LogP contribution in [0.2, 0.25) is 10.0 Å². The van der Waals surface area contributed by atoms with Crippen LogP contribution in [0.5, 0.6) is 0 Å². The number of nitrogens with zero attached hydrogens (tertiary/aromatic N) is 2. The maximum atomic E-state index is 13.7. The fourth-order valence-corrected chi connectivity index (χ4v) is 5.92. The van der Waals surface area contributed by atoms with Crippen LogP contribution in [0.15, 0.2) is 46.9 Å². The van der Waals surface area contributed by atoms with Gasteiger partial charge in [0.1, 0.15) is 12.6 Å². The van der Waals surface area contributed by atoms with Gasteiger partial charge in [-0.1, -0.05) is 65.0 Å². The lowest BCUT2D eigenvalue weighted by Crippen LogP contribution is -2.53. The van der Waals surface area contributed by atoms with Gasteiger partial charge >= 0.3 is 0 Å². The zero-order chi connectivity index (χ0) is 26.5. The van der Waals surface area contributed by atoms with Crippen molar-refractivity contribution < 1.29 is 18.0 Å². The van der Waals surface area contributed by atoms with Gasteiger partial charge in [0.2, 0.25) is 21.8 Å². The van der Waals surface area contributed by atoms with E-state index in [9.17, 15) is 18.0 Å². The second-order valence-electron chi connectivity index (χ2n) is 8.92. The molecule has 11 heteroatoms. The molecule has 0 radical (unpaired) electrons. The third-order valence-corrected chi connectivity index (χ3v) is 8.49. The van der Waals surface area contributed by atoms with E-state index in [4.69, 9.17) is 23.2 Å². The SMILES string of the molecule is CCC(C(=O)NC1CCCC1)N(Cc1ccc(Cl)cc1Cl)C(=O)CN(c1ccc(Br)cc1)S(C)(=O)=O. The van der Waals surface area contributed by atoms with Crippen LogP contribution in [0.3, 0.4) is 0 Å². The maximum absolute atomic E-state index is 13.7. The molecule has 0 aromatic heterocycles. The van der Waals surface area contributed by atoms with Gasteiger partial charge in [-0.25, -0.2) is 8.42 Å². The van der Waals surface area contributed by atoms with Gasteiger partial charge in [0.05, 0.1) is 11.9 Å². The first-order valence-electron chi connectivity index (χ1n) is 11.8. The number of rotatable bonds is 10. The molecule has 2 aromatic rings. The number of carbonyl (C=O) groups excluding carboxylic acids is 2. The van der Waals surface area contributed by atoms with Gasteiger partial charge in [-0.2, -0.15) is 0 Å². The Bertz CT molecular complexity index is 1190. The van der Waals surface area contributed by atoms with Crippen molar-refractivity contribution in [3.8, 4) is 0 Å². The Labute approximate surface area is 231 Å². The molecule has 1 fully saturated rings. The van der Waals surface area contributed by atoms with E-state index in [1.807, 2.05) is 6.92 Å². The third-order valence-electron chi connectivity index (χ3n) is 6.24. The lowest BCUT2D eigenvalue weighted by molar-refractivity contribution is -0.140. The molecular weight excluding hydrogens is 589 g/mol. The van der Waals surface area contributed by atoms with E-state index in [-0.39, 0.29) is 18.5 Å². The molecule has 2 amide bonds. The maximum Gasteiger partial charge on any atom is 0.244 e. The fraction of sp³-hybridized carbons (Fsp3) is 0.440. The van der Waals surface area contributed by atoms with Gasteiger partial charge in [-0.15, -0.1) is 0 Å². The molecule has 1 N–H and O–H groups in total. The number of hydrogen-bond donors (Lipinski definition) is 1. The second-order valence-corrected chi connectivity index (χ2v) is 12.6. The van der Waals surface area contributed by atoms with E-state index in [2.05, 4.69) is 21.2 Å². The van der Waals surface area contributed by atoms with E-state index in [1.165, 1.54) is 4.90 Å². The molecule has 0 saturated heterocycles. The van der Waals surface area contributed by atoms with E-state index >= 15 is 0 Å². The minimum Gasteiger partial charge on any atom is -0.352 e. The summed E-state index contributed by atoms with van der Waals surface area (Å²) in [5.74, 6) is -0.764. The largest absolute Gasteiger partial charge is 0.352 e. The van der Waals surface area contributed by atoms with Gasteiger partial charge in [-0.05, 0) is 61.2 Å². The molecule has 0 bridgehead atoms. The van der Waals surface area contributed by atoms with Crippen LogP contribution in [0.25, 0.3) is 0 Å². The van der Waals surface area contributed by atoms with Crippen molar-refractivity contribution in [1.82, 2.24) is 10.2 Å². The number of benzene rings is 2. The zero-order valence-corrected chi connectivity index (χ0v) is 24.1. The average Bonchev–Trinajstić information content (AvgIpc) is 3.31. The molecule has 0 spiro atoms. The van der Waals surface area contributed by atoms with Crippen LogP contribution in [0.1, 0.15) is 44.6 Å². The zero-order valence-electron chi connectivity index (χ0n) is 20.2. The normalized spacial score (nSPS) is 14.9. The fourth-order valence-electron chi connectivity index (χ4n) is 4.34. The Morgan fingerprint density at radius 1 is 1.11 bits per heavy atom. The molecule has 0 heterocycles. The van der Waals surface area contributed by atoms with Crippen molar-refractivity contribution >= 4 is 66.7 Å². The first kappa shape index (κ1) is 28.8. The molecular formula is C25H30BrCl2N3O4S. The highest BCUT2D eigenvalue weighted by Crippen LogP contribution is 2.26. The summed E-state index contributed by atoms with van der Waals surface area (Å²) in [6.07, 6.45) is 5.33. The van der Waals surface area contributed by atoms with Gasteiger partial charge in [0.15, 0.2) is 0 Å². The predicted molar refractivity (Wildman–Crippen MR) is 148 cm³/mol. The highest BCUT2D eigenvalue weighted by atomic mass is 79.9. The minimum atomic E-state index is -3.79. The number of halogens is 3. The molecule has 1 unspecified atom stereocenters. The predicted octanol–water partition coefficient (Wildman–Crippen LogP) is 5.39. The molecule has 36 heavy (non-hydrogen) atoms. The van der Waals surface area contributed by atoms with E-state index in [0.717, 1.165) is 40.7 Å². The van der Waals surface area contributed by atoms with Crippen molar-refractivity contribution in [3.63, 3.8) is 0 Å². The van der Waals surface area contributed by atoms with Gasteiger partial charge in [0.25, 0.3) is 0 Å². The Hall–Kier alpha value is -1.81. The molecule has 0 aliphatic heterocycles. The minimum absolute atomic E-state index is 0.0311. The summed E-state index contributed by atoms with van der Waals surface area (Å²) in [6, 6.07) is 10.9. The number of amides is 2. The summed E-state index contributed by atoms with van der Waals surface area (Å²) in [4.78, 5) is 28.4. The molecule has 1 aliphatic carbocycles. The lowest BCUT2D eigenvalue weighted by atomic mass is 10.1. The Morgan fingerprint density at radius 3 is 2.31 bits per heavy atom. The van der Waals surface area contributed by atoms with E-state index in [0.29, 0.717) is 27.7 Å². The van der Waals surface area contributed by atoms with Gasteiger partial charge in [0, 0.05) is 27.1 Å². The Kier molecular flexibility index (Phi) is 10.1. The van der Waals surface area contributed by atoms with Crippen LogP contribution in [0.4, 0.5) is 5.69 Å². The van der Waals surface area contributed by atoms with Crippen molar-refractivity contribution in [1.29, 1.82) is 0 Å². The molecule has 7 nitrogen and oxygen atoms in total. The number of sulfonamides is 1. The molecule has 196 valence electrons. The smallest absolute Gasteiger partial charge is 0.244 e. The Balaban J connectivity index is 1.94. The Morgan fingerprint density at radius 2 is 1.75 bits per heavy atom. The highest BCUT2D eigenvalue weighted by Gasteiger charge is 2.33. The summed E-state index contributed by atoms with van der Waals surface area (Å²) in [7, 11) is -3.79. The van der Waals surface area contributed by atoms with E-state index in [1.54, 1.807) is 42.5 Å². The summed E-state index contributed by atoms with van der Waals surface area (Å²) < 4.78 is 27.1. The molecule has 1 atom stereocenters. The number of anilines is 1. The summed E-state index contributed by atoms with van der Waals surface area (Å²) >= 11 is 15.8. The summed E-state index contributed by atoms with van der Waals surface area (Å²) in [5.41, 5.74) is 0.957. The highest BCUT2D eigenvalue weighted by molar-refractivity contribution is 9.10. The summed E-state index contributed by atoms with van der Waals surface area (Å²) in [6.45, 7) is 1.40. The van der Waals surface area contributed by atoms with Crippen LogP contribution in [-0.4, -0.2) is 50.0 Å². The van der Waals surface area contributed by atoms with Crippen LogP contribution in [-0.2, 0) is 26.2 Å². The van der Waals surface area contributed by atoms with Crippen LogP contribution < -0.4 is 9.62 Å². The number of nitrogens with one attached hydrogen (secondary N) is 1. The van der Waals surface area contributed by atoms with Crippen molar-refractivity contribution in [2.45, 2.75) is 57.7 Å². The lowest BCUT2D eigenvalue weighted by Gasteiger charge is -2.33. The first-order chi connectivity index (χ1) is 17.0. The van der Waals surface area contributed by atoms with Crippen LogP contribution >= 0.6 is 39.1 Å². The van der Waals surface area contributed by atoms with Gasteiger partial charge < -0.3 is 10.2 Å². The average molecular weight is 619 g/mol. The van der Waals surface area contributed by atoms with Crippen molar-refractivity contribution in [3.05, 3.63) is 62.5 Å². The summed E-state index contributed by atoms with van der Waals surface area (Å²) in [5, 5.41) is 3.88. The number of hydrogen-bond acceptors (Lipinski definition) is 4. The van der Waals surface area contributed by atoms with Crippen LogP contribution in [0, 0.1) is 0 Å². The number of carbonyl (C=O) groups is 2. The quantitative estimate of drug-likeness (QED) is 0.387. The standard InChI is InChI=1S/C25H30BrCl2N3O4S/c1-3-23(25(33)29-20-6-4-5-7-20)30(15-17-8-11-19(27)14-22(17)28)24(32)16-31(36(2,34)35)21-12-9-18(26)10-13-21/h8-14,20,23H,3-7,15-16H2,1-2H3,(H,29,33). The molecule has 1 saturated carbocycles. The monoisotopic (exact) mass is 617 g/mol. The van der Waals surface area contributed by atoms with Crippen molar-refractivity contribution in [2.75, 3.05) is 17.1 Å². The molecule has 1 aliphatic rings. The molecule has 2 aromatic carbocycles. The topological polar surface area (TPSA) is 86.8 Å². The second kappa shape index (κ2) is 12.6. The van der Waals surface area contributed by atoms with Gasteiger partial charge in [-0.3, -0.25) is 13.9 Å². The van der Waals surface area contributed by atoms with Crippen molar-refractivity contribution in [2.24, 2.45) is 0 Å². The van der Waals surface area contributed by atoms with E-state index < -0.39 is 28.5 Å².